The predicted molar refractivity (Wildman–Crippen MR) is 331 cm³/mol. The summed E-state index contributed by atoms with van der Waals surface area (Å²) in [5, 5.41) is 5.13. The van der Waals surface area contributed by atoms with Gasteiger partial charge in [0, 0.05) is 44.9 Å². The largest absolute Gasteiger partial charge is 0.310 e. The fourth-order valence-electron chi connectivity index (χ4n) is 11.9. The minimum atomic E-state index is -0.0392. The van der Waals surface area contributed by atoms with Gasteiger partial charge in [-0.2, -0.15) is 0 Å². The highest BCUT2D eigenvalue weighted by Crippen LogP contribution is 2.51. The van der Waals surface area contributed by atoms with Gasteiger partial charge in [0.15, 0.2) is 0 Å². The van der Waals surface area contributed by atoms with Crippen LogP contribution in [0.1, 0.15) is 55.5 Å². The fraction of sp³-hybridized carbons (Fsp3) is 0.0933. The van der Waals surface area contributed by atoms with Gasteiger partial charge in [-0.1, -0.05) is 244 Å². The molecule has 0 radical (unpaired) electrons. The molecule has 77 heavy (non-hydrogen) atoms. The Morgan fingerprint density at radius 1 is 0.390 bits per heavy atom. The van der Waals surface area contributed by atoms with E-state index in [0.29, 0.717) is 0 Å². The van der Waals surface area contributed by atoms with Gasteiger partial charge in [0.2, 0.25) is 0 Å². The molecule has 3 aliphatic rings. The van der Waals surface area contributed by atoms with E-state index in [2.05, 4.69) is 315 Å². The number of nitrogens with zero attached hydrogens (tertiary/aromatic N) is 1. The molecule has 0 saturated carbocycles. The molecular formula is C75H59BrN+. The maximum Gasteiger partial charge on any atom is 0.103 e. The maximum absolute atomic E-state index is 3.47. The van der Waals surface area contributed by atoms with Crippen molar-refractivity contribution in [2.45, 2.75) is 44.9 Å². The molecular weight excluding hydrogens is 995 g/mol. The molecule has 0 N–H and O–H groups in total. The van der Waals surface area contributed by atoms with Crippen LogP contribution in [0.2, 0.25) is 0 Å². The lowest BCUT2D eigenvalue weighted by molar-refractivity contribution is 0.659. The van der Waals surface area contributed by atoms with Crippen molar-refractivity contribution in [1.82, 2.24) is 0 Å². The monoisotopic (exact) mass is 1050 g/mol. The smallest absolute Gasteiger partial charge is 0.103 e. The van der Waals surface area contributed by atoms with Crippen LogP contribution in [0.3, 0.4) is 0 Å². The Morgan fingerprint density at radius 2 is 0.844 bits per heavy atom. The third-order valence-electron chi connectivity index (χ3n) is 15.9. The Kier molecular flexibility index (Phi) is 13.3. The maximum atomic E-state index is 3.47. The van der Waals surface area contributed by atoms with Crippen molar-refractivity contribution in [1.29, 1.82) is 0 Å². The molecule has 2 heteroatoms. The number of benzene rings is 11. The molecule has 0 aromatic heterocycles. The van der Waals surface area contributed by atoms with E-state index in [4.69, 9.17) is 0 Å². The molecule has 0 atom stereocenters. The second-order valence-corrected chi connectivity index (χ2v) is 22.2. The van der Waals surface area contributed by atoms with Crippen LogP contribution in [0.4, 0.5) is 17.1 Å². The van der Waals surface area contributed by atoms with Crippen LogP contribution < -0.4 is 4.90 Å². The summed E-state index contributed by atoms with van der Waals surface area (Å²) in [5.41, 5.74) is 22.4. The van der Waals surface area contributed by atoms with Crippen LogP contribution >= 0.6 is 15.9 Å². The molecule has 0 amide bonds. The highest BCUT2D eigenvalue weighted by molar-refractivity contribution is 9.10. The van der Waals surface area contributed by atoms with Gasteiger partial charge in [0.1, 0.15) is 12.2 Å². The summed E-state index contributed by atoms with van der Waals surface area (Å²) in [6, 6.07) is 89.7. The number of fused-ring (bicyclic) bond motifs is 8. The van der Waals surface area contributed by atoms with E-state index >= 15 is 0 Å². The highest BCUT2D eigenvalue weighted by atomic mass is 79.9. The number of hydrogen-bond donors (Lipinski definition) is 0. The standard InChI is InChI=1S/C37H29N.C22H19.C16H11Br/c1-37(2)35-18-9-8-16-33(35)34-24-23-30(25-36(34)37)38(28-13-4-3-5-14-28)29-21-19-27(20-22-29)32-17-10-12-26-11-6-7-15-31(26)32;1-22(2)20-11-7-6-10-18(20)19-13-12-17(15-21(19)22)14-16-8-4-3-5-9-16;17-14-10-8-13(9-11-14)16-7-3-5-12-4-1-2-6-15(12)16/h3-25H,1-2H3;4-13,15H,14H2,1-2H3;1-11H/q;+1;. The first-order chi connectivity index (χ1) is 37.6. The third kappa shape index (κ3) is 9.57. The number of halogens is 1. The van der Waals surface area contributed by atoms with Gasteiger partial charge in [0.25, 0.3) is 0 Å². The number of allylic oxidation sites excluding steroid dienone is 6. The van der Waals surface area contributed by atoms with Crippen molar-refractivity contribution in [3.05, 3.63) is 317 Å². The molecule has 0 aliphatic heterocycles. The molecule has 3 aliphatic carbocycles. The van der Waals surface area contributed by atoms with Gasteiger partial charge in [-0.3, -0.25) is 0 Å². The minimum absolute atomic E-state index is 0.0392. The lowest BCUT2D eigenvalue weighted by atomic mass is 9.81. The van der Waals surface area contributed by atoms with Crippen molar-refractivity contribution < 1.29 is 0 Å². The van der Waals surface area contributed by atoms with E-state index in [1.54, 1.807) is 0 Å². The molecule has 0 unspecified atom stereocenters. The van der Waals surface area contributed by atoms with E-state index in [9.17, 15) is 0 Å². The van der Waals surface area contributed by atoms with E-state index < -0.39 is 0 Å². The van der Waals surface area contributed by atoms with E-state index in [1.165, 1.54) is 105 Å². The van der Waals surface area contributed by atoms with Crippen molar-refractivity contribution in [3.8, 4) is 44.5 Å². The Bertz CT molecular complexity index is 4050. The average molecular weight is 1050 g/mol. The van der Waals surface area contributed by atoms with Crippen LogP contribution in [0.5, 0.6) is 0 Å². The molecule has 0 saturated heterocycles. The summed E-state index contributed by atoms with van der Waals surface area (Å²) < 4.78 is 1.11. The minimum Gasteiger partial charge on any atom is -0.310 e. The zero-order valence-electron chi connectivity index (χ0n) is 44.0. The quantitative estimate of drug-likeness (QED) is 0.144. The lowest BCUT2D eigenvalue weighted by Gasteiger charge is -2.28. The van der Waals surface area contributed by atoms with Crippen LogP contribution in [0, 0.1) is 6.08 Å². The van der Waals surface area contributed by atoms with Gasteiger partial charge in [0.05, 0.1) is 17.7 Å². The van der Waals surface area contributed by atoms with Crippen LogP contribution in [-0.4, -0.2) is 0 Å². The van der Waals surface area contributed by atoms with E-state index in [0.717, 1.165) is 22.3 Å². The van der Waals surface area contributed by atoms with Crippen molar-refractivity contribution in [2.24, 2.45) is 0 Å². The van der Waals surface area contributed by atoms with Crippen molar-refractivity contribution in [2.75, 3.05) is 4.90 Å². The first kappa shape index (κ1) is 49.2. The van der Waals surface area contributed by atoms with Crippen molar-refractivity contribution in [3.63, 3.8) is 0 Å². The lowest BCUT2D eigenvalue weighted by Crippen LogP contribution is -2.16. The fourth-order valence-corrected chi connectivity index (χ4v) is 12.1. The Hall–Kier alpha value is -8.65. The molecule has 0 spiro atoms. The summed E-state index contributed by atoms with van der Waals surface area (Å²) in [7, 11) is 0. The van der Waals surface area contributed by atoms with Gasteiger partial charge in [-0.15, -0.1) is 0 Å². The number of para-hydroxylation sites is 1. The zero-order valence-corrected chi connectivity index (χ0v) is 45.6. The Labute approximate surface area is 463 Å². The molecule has 14 rings (SSSR count). The molecule has 370 valence electrons. The molecule has 0 fully saturated rings. The van der Waals surface area contributed by atoms with Crippen molar-refractivity contribution >= 4 is 54.5 Å². The number of hydrogen-bond acceptors (Lipinski definition) is 1. The van der Waals surface area contributed by atoms with E-state index in [1.807, 2.05) is 12.2 Å². The molecule has 11 aromatic carbocycles. The third-order valence-corrected chi connectivity index (χ3v) is 16.4. The number of rotatable bonds is 7. The highest BCUT2D eigenvalue weighted by Gasteiger charge is 2.37. The predicted octanol–water partition coefficient (Wildman–Crippen LogP) is 20.9. The van der Waals surface area contributed by atoms with Gasteiger partial charge in [-0.05, 0) is 142 Å². The Morgan fingerprint density at radius 3 is 1.43 bits per heavy atom. The second-order valence-electron chi connectivity index (χ2n) is 21.3. The van der Waals surface area contributed by atoms with Gasteiger partial charge < -0.3 is 4.90 Å². The molecule has 11 aromatic rings. The van der Waals surface area contributed by atoms with E-state index in [-0.39, 0.29) is 10.8 Å². The van der Waals surface area contributed by atoms with Crippen LogP contribution in [0.25, 0.3) is 66.1 Å². The molecule has 0 bridgehead atoms. The number of anilines is 3. The summed E-state index contributed by atoms with van der Waals surface area (Å²) in [4.78, 5) is 2.37. The van der Waals surface area contributed by atoms with Gasteiger partial charge >= 0.3 is 0 Å². The molecule has 1 nitrogen and oxygen atoms in total. The average Bonchev–Trinajstić information content (AvgIpc) is 3.87. The van der Waals surface area contributed by atoms with Crippen LogP contribution in [0.15, 0.2) is 283 Å². The van der Waals surface area contributed by atoms with Gasteiger partial charge in [-0.25, -0.2) is 0 Å². The first-order valence-electron chi connectivity index (χ1n) is 26.7. The normalized spacial score (nSPS) is 13.6. The zero-order chi connectivity index (χ0) is 52.5. The second kappa shape index (κ2) is 20.8. The SMILES string of the molecule is Brc1ccc(-c2cccc3ccccc23)cc1.CC1(C)c2ccccc2-c2ccc(CC3=CC=[C+]C=C3)cc21.CC1(C)c2ccccc2-c2ccc(N(c3ccccc3)c3ccc(-c4cccc5ccccc45)cc3)cc21. The topological polar surface area (TPSA) is 3.24 Å². The summed E-state index contributed by atoms with van der Waals surface area (Å²) in [5.74, 6) is 0. The summed E-state index contributed by atoms with van der Waals surface area (Å²) >= 11 is 3.47. The van der Waals surface area contributed by atoms with Crippen LogP contribution in [-0.2, 0) is 17.3 Å². The summed E-state index contributed by atoms with van der Waals surface area (Å²) in [6.07, 6.45) is 12.3. The first-order valence-corrected chi connectivity index (χ1v) is 27.5. The summed E-state index contributed by atoms with van der Waals surface area (Å²) in [6.45, 7) is 9.35. The molecule has 0 heterocycles. The Balaban J connectivity index is 0.000000129.